The van der Waals surface area contributed by atoms with Crippen molar-refractivity contribution in [1.29, 1.82) is 0 Å². The van der Waals surface area contributed by atoms with Gasteiger partial charge in [-0.05, 0) is 55.5 Å². The molecule has 2 aromatic carbocycles. The second-order valence-electron chi connectivity index (χ2n) is 6.83. The molecule has 2 heterocycles. The van der Waals surface area contributed by atoms with Crippen molar-refractivity contribution in [3.63, 3.8) is 0 Å². The average molecular weight is 403 g/mol. The van der Waals surface area contributed by atoms with E-state index in [0.29, 0.717) is 34.0 Å². The largest absolute Gasteiger partial charge is 0.497 e. The number of aromatic nitrogens is 1. The number of benzene rings is 2. The van der Waals surface area contributed by atoms with E-state index in [9.17, 15) is 9.59 Å². The van der Waals surface area contributed by atoms with Crippen LogP contribution in [0, 0.1) is 0 Å². The Bertz CT molecular complexity index is 1110. The number of fused-ring (bicyclic) bond motifs is 1. The molecule has 1 aliphatic heterocycles. The van der Waals surface area contributed by atoms with Gasteiger partial charge in [0.15, 0.2) is 11.9 Å². The number of ketones is 1. The normalized spacial score (nSPS) is 15.0. The van der Waals surface area contributed by atoms with Crippen LogP contribution in [0.3, 0.4) is 0 Å². The molecule has 152 valence electrons. The van der Waals surface area contributed by atoms with Gasteiger partial charge in [0, 0.05) is 23.5 Å². The highest BCUT2D eigenvalue weighted by Crippen LogP contribution is 2.42. The Hall–Kier alpha value is -3.87. The summed E-state index contributed by atoms with van der Waals surface area (Å²) >= 11 is 0. The van der Waals surface area contributed by atoms with Crippen molar-refractivity contribution in [2.45, 2.75) is 13.1 Å². The van der Waals surface area contributed by atoms with Crippen molar-refractivity contribution in [2.24, 2.45) is 0 Å². The first-order chi connectivity index (χ1) is 14.5. The molecule has 1 N–H and O–H groups in total. The number of nitrogens with one attached hydrogen (secondary N) is 1. The number of ether oxygens (including phenoxy) is 2. The van der Waals surface area contributed by atoms with Gasteiger partial charge < -0.3 is 14.8 Å². The molecular formula is C23H21N3O4. The lowest BCUT2D eigenvalue weighted by atomic mass is 10.1. The number of rotatable bonds is 6. The lowest BCUT2D eigenvalue weighted by Crippen LogP contribution is -2.32. The summed E-state index contributed by atoms with van der Waals surface area (Å²) in [4.78, 5) is 30.9. The summed E-state index contributed by atoms with van der Waals surface area (Å²) < 4.78 is 10.9. The molecule has 1 unspecified atom stereocenters. The SMILES string of the molecule is COc1ccc(OC)c(N2C(=O)c3cccnc3C2Nc2ccc(C(C)=O)cc2)c1. The van der Waals surface area contributed by atoms with Crippen molar-refractivity contribution in [3.8, 4) is 11.5 Å². The van der Waals surface area contributed by atoms with E-state index in [2.05, 4.69) is 10.3 Å². The van der Waals surface area contributed by atoms with Crippen LogP contribution < -0.4 is 19.7 Å². The van der Waals surface area contributed by atoms with Crippen molar-refractivity contribution in [2.75, 3.05) is 24.4 Å². The number of anilines is 2. The summed E-state index contributed by atoms with van der Waals surface area (Å²) in [6.07, 6.45) is 1.10. The molecule has 0 saturated heterocycles. The highest BCUT2D eigenvalue weighted by Gasteiger charge is 2.40. The first-order valence-electron chi connectivity index (χ1n) is 9.41. The number of carbonyl (C=O) groups is 2. The van der Waals surface area contributed by atoms with Crippen LogP contribution in [0.2, 0.25) is 0 Å². The van der Waals surface area contributed by atoms with E-state index in [4.69, 9.17) is 9.47 Å². The number of amides is 1. The molecule has 1 amide bonds. The van der Waals surface area contributed by atoms with Crippen LogP contribution in [0.5, 0.6) is 11.5 Å². The van der Waals surface area contributed by atoms with Gasteiger partial charge in [-0.1, -0.05) is 0 Å². The van der Waals surface area contributed by atoms with Gasteiger partial charge in [-0.15, -0.1) is 0 Å². The fourth-order valence-electron chi connectivity index (χ4n) is 3.51. The highest BCUT2D eigenvalue weighted by molar-refractivity contribution is 6.11. The summed E-state index contributed by atoms with van der Waals surface area (Å²) in [6, 6.07) is 15.9. The van der Waals surface area contributed by atoms with Gasteiger partial charge in [-0.25, -0.2) is 0 Å². The molecule has 0 saturated carbocycles. The molecule has 1 aromatic heterocycles. The molecule has 7 heteroatoms. The zero-order chi connectivity index (χ0) is 21.3. The molecule has 30 heavy (non-hydrogen) atoms. The van der Waals surface area contributed by atoms with E-state index in [1.54, 1.807) is 67.8 Å². The molecular weight excluding hydrogens is 382 g/mol. The van der Waals surface area contributed by atoms with Gasteiger partial charge in [-0.3, -0.25) is 19.5 Å². The predicted octanol–water partition coefficient (Wildman–Crippen LogP) is 4.07. The summed E-state index contributed by atoms with van der Waals surface area (Å²) in [5.41, 5.74) is 3.07. The van der Waals surface area contributed by atoms with Gasteiger partial charge in [0.05, 0.1) is 31.2 Å². The Morgan fingerprint density at radius 3 is 2.50 bits per heavy atom. The number of hydrogen-bond acceptors (Lipinski definition) is 6. The highest BCUT2D eigenvalue weighted by atomic mass is 16.5. The zero-order valence-electron chi connectivity index (χ0n) is 16.9. The Morgan fingerprint density at radius 2 is 1.83 bits per heavy atom. The monoisotopic (exact) mass is 403 g/mol. The molecule has 0 spiro atoms. The molecule has 3 aromatic rings. The minimum atomic E-state index is -0.558. The Kier molecular flexibility index (Phi) is 5.10. The van der Waals surface area contributed by atoms with Crippen LogP contribution in [0.25, 0.3) is 0 Å². The molecule has 4 rings (SSSR count). The summed E-state index contributed by atoms with van der Waals surface area (Å²) in [6.45, 7) is 1.52. The number of hydrogen-bond donors (Lipinski definition) is 1. The van der Waals surface area contributed by atoms with Crippen molar-refractivity contribution in [1.82, 2.24) is 4.98 Å². The fraction of sp³-hybridized carbons (Fsp3) is 0.174. The Balaban J connectivity index is 1.79. The van der Waals surface area contributed by atoms with Crippen molar-refractivity contribution < 1.29 is 19.1 Å². The summed E-state index contributed by atoms with van der Waals surface area (Å²) in [5, 5.41) is 3.37. The first-order valence-corrected chi connectivity index (χ1v) is 9.41. The number of carbonyl (C=O) groups excluding carboxylic acids is 2. The average Bonchev–Trinajstić information content (AvgIpc) is 3.05. The number of nitrogens with zero attached hydrogens (tertiary/aromatic N) is 2. The number of Topliss-reactive ketones (excluding diaryl/α,β-unsaturated/α-hetero) is 1. The maximum atomic E-state index is 13.3. The third-order valence-electron chi connectivity index (χ3n) is 5.05. The van der Waals surface area contributed by atoms with Gasteiger partial charge >= 0.3 is 0 Å². The second-order valence-corrected chi connectivity index (χ2v) is 6.83. The molecule has 0 fully saturated rings. The van der Waals surface area contributed by atoms with E-state index in [1.165, 1.54) is 6.92 Å². The van der Waals surface area contributed by atoms with Gasteiger partial charge in [-0.2, -0.15) is 0 Å². The van der Waals surface area contributed by atoms with Crippen molar-refractivity contribution in [3.05, 3.63) is 77.6 Å². The van der Waals surface area contributed by atoms with Crippen LogP contribution in [-0.4, -0.2) is 30.9 Å². The topological polar surface area (TPSA) is 80.8 Å². The standard InChI is InChI=1S/C23H21N3O4/c1-14(27)15-6-8-16(9-7-15)25-22-21-18(5-4-12-24-21)23(28)26(22)19-13-17(29-2)10-11-20(19)30-3/h4-13,22,25H,1-3H3. The first kappa shape index (κ1) is 19.4. The number of methoxy groups -OCH3 is 2. The van der Waals surface area contributed by atoms with E-state index in [1.807, 2.05) is 12.1 Å². The van der Waals surface area contributed by atoms with Crippen molar-refractivity contribution >= 4 is 23.1 Å². The third kappa shape index (κ3) is 3.34. The van der Waals surface area contributed by atoms with Crippen LogP contribution in [0.1, 0.15) is 39.5 Å². The molecule has 0 bridgehead atoms. The molecule has 7 nitrogen and oxygen atoms in total. The lowest BCUT2D eigenvalue weighted by Gasteiger charge is -2.28. The smallest absolute Gasteiger partial charge is 0.262 e. The van der Waals surface area contributed by atoms with Crippen LogP contribution in [0.15, 0.2) is 60.8 Å². The Morgan fingerprint density at radius 1 is 1.07 bits per heavy atom. The fourth-order valence-corrected chi connectivity index (χ4v) is 3.51. The lowest BCUT2D eigenvalue weighted by molar-refractivity contribution is 0.0989. The van der Waals surface area contributed by atoms with E-state index in [0.717, 1.165) is 5.69 Å². The van der Waals surface area contributed by atoms with E-state index >= 15 is 0 Å². The molecule has 0 aliphatic carbocycles. The minimum absolute atomic E-state index is 0.00708. The zero-order valence-corrected chi connectivity index (χ0v) is 16.9. The maximum Gasteiger partial charge on any atom is 0.262 e. The van der Waals surface area contributed by atoms with Crippen LogP contribution in [-0.2, 0) is 0 Å². The number of pyridine rings is 1. The molecule has 0 radical (unpaired) electrons. The second kappa shape index (κ2) is 7.87. The van der Waals surface area contributed by atoms with Gasteiger partial charge in [0.25, 0.3) is 5.91 Å². The minimum Gasteiger partial charge on any atom is -0.497 e. The maximum absolute atomic E-state index is 13.3. The van der Waals surface area contributed by atoms with Crippen LogP contribution in [0.4, 0.5) is 11.4 Å². The molecule has 1 aliphatic rings. The quantitative estimate of drug-likeness (QED) is 0.625. The van der Waals surface area contributed by atoms with Crippen LogP contribution >= 0.6 is 0 Å². The summed E-state index contributed by atoms with van der Waals surface area (Å²) in [7, 11) is 3.13. The van der Waals surface area contributed by atoms with Gasteiger partial charge in [0.2, 0.25) is 0 Å². The van der Waals surface area contributed by atoms with Gasteiger partial charge in [0.1, 0.15) is 11.5 Å². The predicted molar refractivity (Wildman–Crippen MR) is 113 cm³/mol. The Labute approximate surface area is 174 Å². The van der Waals surface area contributed by atoms with E-state index in [-0.39, 0.29) is 11.7 Å². The third-order valence-corrected chi connectivity index (χ3v) is 5.05. The summed E-state index contributed by atoms with van der Waals surface area (Å²) in [5.74, 6) is 0.942. The van der Waals surface area contributed by atoms with E-state index < -0.39 is 6.17 Å². The molecule has 1 atom stereocenters.